The SMILES string of the molecule is COc1ccc(N2C(=O)CC(Sc3n[nH]c(-c4ccc(Cl)cc4)n3)C2=O)cc1. The van der Waals surface area contributed by atoms with Crippen LogP contribution in [-0.4, -0.2) is 39.4 Å². The second kappa shape index (κ2) is 7.65. The number of nitrogens with one attached hydrogen (secondary N) is 1. The first-order chi connectivity index (χ1) is 13.5. The number of carbonyl (C=O) groups excluding carboxylic acids is 2. The summed E-state index contributed by atoms with van der Waals surface area (Å²) in [6, 6.07) is 14.0. The topological polar surface area (TPSA) is 88.2 Å². The Morgan fingerprint density at radius 3 is 2.54 bits per heavy atom. The number of hydrogen-bond donors (Lipinski definition) is 1. The lowest BCUT2D eigenvalue weighted by Crippen LogP contribution is -2.31. The molecule has 1 fully saturated rings. The van der Waals surface area contributed by atoms with Crippen molar-refractivity contribution in [3.63, 3.8) is 0 Å². The summed E-state index contributed by atoms with van der Waals surface area (Å²) in [6.45, 7) is 0. The summed E-state index contributed by atoms with van der Waals surface area (Å²) in [5, 5.41) is 7.48. The van der Waals surface area contributed by atoms with Crippen LogP contribution in [0.2, 0.25) is 5.02 Å². The Balaban J connectivity index is 1.49. The maximum absolute atomic E-state index is 12.8. The Kier molecular flexibility index (Phi) is 5.06. The molecule has 1 aliphatic heterocycles. The van der Waals surface area contributed by atoms with Gasteiger partial charge in [0, 0.05) is 17.0 Å². The van der Waals surface area contributed by atoms with Crippen molar-refractivity contribution in [2.24, 2.45) is 0 Å². The highest BCUT2D eigenvalue weighted by Crippen LogP contribution is 2.33. The number of carbonyl (C=O) groups is 2. The Labute approximate surface area is 170 Å². The van der Waals surface area contributed by atoms with Gasteiger partial charge in [0.25, 0.3) is 0 Å². The van der Waals surface area contributed by atoms with E-state index in [1.165, 1.54) is 16.7 Å². The number of aromatic nitrogens is 3. The van der Waals surface area contributed by atoms with Crippen molar-refractivity contribution in [1.82, 2.24) is 15.2 Å². The Bertz CT molecular complexity index is 1020. The summed E-state index contributed by atoms with van der Waals surface area (Å²) >= 11 is 7.07. The van der Waals surface area contributed by atoms with Gasteiger partial charge in [0.1, 0.15) is 11.0 Å². The van der Waals surface area contributed by atoms with Gasteiger partial charge in [-0.05, 0) is 48.5 Å². The molecule has 1 atom stereocenters. The first-order valence-electron chi connectivity index (χ1n) is 8.41. The zero-order chi connectivity index (χ0) is 19.7. The molecule has 1 N–H and O–H groups in total. The second-order valence-electron chi connectivity index (χ2n) is 6.05. The molecule has 0 radical (unpaired) electrons. The molecule has 1 aromatic heterocycles. The highest BCUT2D eigenvalue weighted by molar-refractivity contribution is 8.00. The number of hydrogen-bond acceptors (Lipinski definition) is 6. The lowest BCUT2D eigenvalue weighted by molar-refractivity contribution is -0.121. The van der Waals surface area contributed by atoms with E-state index < -0.39 is 5.25 Å². The molecule has 2 heterocycles. The van der Waals surface area contributed by atoms with E-state index in [0.717, 1.165) is 5.56 Å². The Hall–Kier alpha value is -2.84. The van der Waals surface area contributed by atoms with Gasteiger partial charge in [-0.1, -0.05) is 23.4 Å². The molecule has 28 heavy (non-hydrogen) atoms. The lowest BCUT2D eigenvalue weighted by Gasteiger charge is -2.14. The number of rotatable bonds is 5. The van der Waals surface area contributed by atoms with Gasteiger partial charge >= 0.3 is 0 Å². The van der Waals surface area contributed by atoms with Crippen molar-refractivity contribution in [3.05, 3.63) is 53.6 Å². The first kappa shape index (κ1) is 18.5. The molecule has 0 bridgehead atoms. The van der Waals surface area contributed by atoms with Crippen LogP contribution < -0.4 is 9.64 Å². The zero-order valence-electron chi connectivity index (χ0n) is 14.8. The number of aromatic amines is 1. The third-order valence-electron chi connectivity index (χ3n) is 4.27. The van der Waals surface area contributed by atoms with Crippen molar-refractivity contribution >= 4 is 40.9 Å². The van der Waals surface area contributed by atoms with Crippen LogP contribution in [-0.2, 0) is 9.59 Å². The summed E-state index contributed by atoms with van der Waals surface area (Å²) in [6.07, 6.45) is 0.0976. The van der Waals surface area contributed by atoms with Crippen LogP contribution in [0.3, 0.4) is 0 Å². The fraction of sp³-hybridized carbons (Fsp3) is 0.158. The number of benzene rings is 2. The highest BCUT2D eigenvalue weighted by atomic mass is 35.5. The minimum absolute atomic E-state index is 0.0976. The van der Waals surface area contributed by atoms with Crippen molar-refractivity contribution < 1.29 is 14.3 Å². The normalized spacial score (nSPS) is 16.6. The molecular formula is C19H15ClN4O3S. The Morgan fingerprint density at radius 1 is 1.14 bits per heavy atom. The summed E-state index contributed by atoms with van der Waals surface area (Å²) < 4.78 is 5.11. The van der Waals surface area contributed by atoms with E-state index in [1.807, 2.05) is 12.1 Å². The molecule has 0 aliphatic carbocycles. The number of nitrogens with zero attached hydrogens (tertiary/aromatic N) is 3. The standard InChI is InChI=1S/C19H15ClN4O3S/c1-27-14-8-6-13(7-9-14)24-16(25)10-15(18(24)26)28-19-21-17(22-23-19)11-2-4-12(20)5-3-11/h2-9,15H,10H2,1H3,(H,21,22,23). The molecular weight excluding hydrogens is 400 g/mol. The number of H-pyrrole nitrogens is 1. The number of anilines is 1. The van der Waals surface area contributed by atoms with Gasteiger partial charge in [0.15, 0.2) is 5.82 Å². The molecule has 9 heteroatoms. The fourth-order valence-corrected chi connectivity index (χ4v) is 3.92. The maximum Gasteiger partial charge on any atom is 0.247 e. The maximum atomic E-state index is 12.8. The highest BCUT2D eigenvalue weighted by Gasteiger charge is 2.40. The van der Waals surface area contributed by atoms with E-state index in [1.54, 1.807) is 43.5 Å². The van der Waals surface area contributed by atoms with E-state index in [-0.39, 0.29) is 18.2 Å². The molecule has 0 spiro atoms. The summed E-state index contributed by atoms with van der Waals surface area (Å²) in [5.74, 6) is 0.700. The molecule has 0 saturated carbocycles. The molecule has 4 rings (SSSR count). The summed E-state index contributed by atoms with van der Waals surface area (Å²) in [5.41, 5.74) is 1.35. The van der Waals surface area contributed by atoms with Crippen LogP contribution in [0.4, 0.5) is 5.69 Å². The molecule has 142 valence electrons. The monoisotopic (exact) mass is 414 g/mol. The molecule has 3 aromatic rings. The minimum Gasteiger partial charge on any atom is -0.497 e. The van der Waals surface area contributed by atoms with Gasteiger partial charge in [-0.2, -0.15) is 0 Å². The van der Waals surface area contributed by atoms with Crippen LogP contribution in [0, 0.1) is 0 Å². The van der Waals surface area contributed by atoms with Crippen molar-refractivity contribution in [2.75, 3.05) is 12.0 Å². The number of amides is 2. The number of thioether (sulfide) groups is 1. The molecule has 2 aromatic carbocycles. The van der Waals surface area contributed by atoms with Gasteiger partial charge in [0.2, 0.25) is 17.0 Å². The average Bonchev–Trinajstić information content (AvgIpc) is 3.27. The van der Waals surface area contributed by atoms with Gasteiger partial charge in [-0.25, -0.2) is 9.88 Å². The van der Waals surface area contributed by atoms with Gasteiger partial charge in [-0.15, -0.1) is 5.10 Å². The summed E-state index contributed by atoms with van der Waals surface area (Å²) in [7, 11) is 1.56. The molecule has 2 amide bonds. The van der Waals surface area contributed by atoms with E-state index in [0.29, 0.717) is 27.4 Å². The van der Waals surface area contributed by atoms with Crippen molar-refractivity contribution in [3.8, 4) is 17.1 Å². The second-order valence-corrected chi connectivity index (χ2v) is 7.66. The minimum atomic E-state index is -0.566. The summed E-state index contributed by atoms with van der Waals surface area (Å²) in [4.78, 5) is 30.8. The van der Waals surface area contributed by atoms with Crippen LogP contribution in [0.15, 0.2) is 53.7 Å². The van der Waals surface area contributed by atoms with Gasteiger partial charge in [0.05, 0.1) is 12.8 Å². The van der Waals surface area contributed by atoms with Crippen LogP contribution in [0.5, 0.6) is 5.75 Å². The fourth-order valence-electron chi connectivity index (χ4n) is 2.86. The predicted molar refractivity (Wildman–Crippen MR) is 107 cm³/mol. The number of methoxy groups -OCH3 is 1. The van der Waals surface area contributed by atoms with Crippen molar-refractivity contribution in [2.45, 2.75) is 16.8 Å². The zero-order valence-corrected chi connectivity index (χ0v) is 16.3. The van der Waals surface area contributed by atoms with Crippen molar-refractivity contribution in [1.29, 1.82) is 0 Å². The van der Waals surface area contributed by atoms with E-state index in [4.69, 9.17) is 16.3 Å². The average molecular weight is 415 g/mol. The van der Waals surface area contributed by atoms with E-state index in [9.17, 15) is 9.59 Å². The van der Waals surface area contributed by atoms with E-state index >= 15 is 0 Å². The lowest BCUT2D eigenvalue weighted by atomic mass is 10.2. The van der Waals surface area contributed by atoms with Gasteiger partial charge in [-0.3, -0.25) is 14.7 Å². The quantitative estimate of drug-likeness (QED) is 0.642. The third kappa shape index (κ3) is 3.61. The molecule has 1 saturated heterocycles. The van der Waals surface area contributed by atoms with Crippen LogP contribution >= 0.6 is 23.4 Å². The largest absolute Gasteiger partial charge is 0.497 e. The number of ether oxygens (including phenoxy) is 1. The molecule has 7 nitrogen and oxygen atoms in total. The van der Waals surface area contributed by atoms with E-state index in [2.05, 4.69) is 15.2 Å². The molecule has 1 unspecified atom stereocenters. The number of imide groups is 1. The third-order valence-corrected chi connectivity index (χ3v) is 5.56. The number of halogens is 1. The predicted octanol–water partition coefficient (Wildman–Crippen LogP) is 3.56. The Morgan fingerprint density at radius 2 is 1.86 bits per heavy atom. The molecule has 1 aliphatic rings. The van der Waals surface area contributed by atoms with Gasteiger partial charge < -0.3 is 4.74 Å². The van der Waals surface area contributed by atoms with Crippen LogP contribution in [0.25, 0.3) is 11.4 Å². The first-order valence-corrected chi connectivity index (χ1v) is 9.67. The van der Waals surface area contributed by atoms with Crippen LogP contribution in [0.1, 0.15) is 6.42 Å². The smallest absolute Gasteiger partial charge is 0.247 e.